The fourth-order valence-corrected chi connectivity index (χ4v) is 7.06. The van der Waals surface area contributed by atoms with Crippen molar-refractivity contribution in [1.29, 1.82) is 0 Å². The van der Waals surface area contributed by atoms with Crippen LogP contribution in [0.5, 0.6) is 0 Å². The molecule has 3 nitrogen and oxygen atoms in total. The van der Waals surface area contributed by atoms with E-state index in [-0.39, 0.29) is 0 Å². The predicted octanol–water partition coefficient (Wildman–Crippen LogP) is 10.6. The molecule has 0 aliphatic heterocycles. The van der Waals surface area contributed by atoms with Gasteiger partial charge in [0, 0.05) is 33.8 Å². The average molecular weight is 535 g/mol. The van der Waals surface area contributed by atoms with E-state index in [1.165, 1.54) is 48.8 Å². The molecule has 7 aromatic carbocycles. The smallest absolute Gasteiger partial charge is 0.145 e. The van der Waals surface area contributed by atoms with E-state index < -0.39 is 0 Å². The van der Waals surface area contributed by atoms with E-state index in [4.69, 9.17) is 9.40 Å². The number of fused-ring (bicyclic) bond motifs is 6. The molecule has 194 valence electrons. The molecule has 0 atom stereocenters. The molecule has 3 heterocycles. The summed E-state index contributed by atoms with van der Waals surface area (Å²) in [5, 5.41) is 12.4. The minimum Gasteiger partial charge on any atom is -0.456 e. The number of pyridine rings is 1. The summed E-state index contributed by atoms with van der Waals surface area (Å²) in [6.07, 6.45) is 1.86. The van der Waals surface area contributed by atoms with E-state index in [1.807, 2.05) is 12.3 Å². The number of benzene rings is 7. The zero-order valence-corrected chi connectivity index (χ0v) is 22.5. The van der Waals surface area contributed by atoms with Crippen LogP contribution < -0.4 is 0 Å². The topological polar surface area (TPSA) is 31.0 Å². The Labute approximate surface area is 240 Å². The van der Waals surface area contributed by atoms with Crippen molar-refractivity contribution in [3.05, 3.63) is 134 Å². The molecule has 0 radical (unpaired) electrons. The average Bonchev–Trinajstić information content (AvgIpc) is 3.58. The van der Waals surface area contributed by atoms with Crippen molar-refractivity contribution in [2.75, 3.05) is 0 Å². The van der Waals surface area contributed by atoms with Crippen LogP contribution in [0, 0.1) is 0 Å². The van der Waals surface area contributed by atoms with E-state index in [2.05, 4.69) is 126 Å². The summed E-state index contributed by atoms with van der Waals surface area (Å²) >= 11 is 0. The van der Waals surface area contributed by atoms with Crippen LogP contribution in [0.25, 0.3) is 93.0 Å². The Bertz CT molecular complexity index is 2570. The first kappa shape index (κ1) is 22.1. The third-order valence-electron chi connectivity index (χ3n) is 8.94. The highest BCUT2D eigenvalue weighted by Crippen LogP contribution is 2.39. The molecule has 0 aliphatic carbocycles. The normalized spacial score (nSPS) is 12.3. The Morgan fingerprint density at radius 1 is 0.476 bits per heavy atom. The van der Waals surface area contributed by atoms with Gasteiger partial charge in [0.25, 0.3) is 0 Å². The molecule has 0 amide bonds. The zero-order chi connectivity index (χ0) is 27.4. The number of nitrogens with zero attached hydrogens (tertiary/aromatic N) is 2. The molecule has 10 rings (SSSR count). The third kappa shape index (κ3) is 2.92. The van der Waals surface area contributed by atoms with Gasteiger partial charge in [-0.15, -0.1) is 0 Å². The second kappa shape index (κ2) is 7.96. The number of furan rings is 1. The van der Waals surface area contributed by atoms with E-state index in [0.29, 0.717) is 0 Å². The highest BCUT2D eigenvalue weighted by molar-refractivity contribution is 6.24. The van der Waals surface area contributed by atoms with Crippen molar-refractivity contribution in [1.82, 2.24) is 9.55 Å². The standard InChI is InChI=1S/C39H22N2O/c1-2-9-34-30(7-1)32-8-4-18-40-39(32)41(34)29-15-16-31-33-21-25(14-17-35(33)42-36(31)22-29)28-19-26-12-10-23-5-3-6-24-11-13-27(20-28)38(26)37(23)24/h1-22H. The second-order valence-electron chi connectivity index (χ2n) is 11.2. The summed E-state index contributed by atoms with van der Waals surface area (Å²) in [4.78, 5) is 4.75. The fraction of sp³-hybridized carbons (Fsp3) is 0. The SMILES string of the molecule is c1cc2ccc3cc(-c4ccc5oc6cc(-n7c8ccccc8c8cccnc87)ccc6c5c4)cc4ccc(c1)c2c34. The quantitative estimate of drug-likeness (QED) is 0.207. The van der Waals surface area contributed by atoms with Crippen LogP contribution in [0.4, 0.5) is 0 Å². The van der Waals surface area contributed by atoms with Crippen LogP contribution in [-0.4, -0.2) is 9.55 Å². The Balaban J connectivity index is 1.15. The first-order valence-corrected chi connectivity index (χ1v) is 14.3. The van der Waals surface area contributed by atoms with Crippen LogP contribution in [0.1, 0.15) is 0 Å². The van der Waals surface area contributed by atoms with Gasteiger partial charge < -0.3 is 4.42 Å². The number of hydrogen-bond donors (Lipinski definition) is 0. The summed E-state index contributed by atoms with van der Waals surface area (Å²) < 4.78 is 8.66. The maximum atomic E-state index is 6.43. The maximum Gasteiger partial charge on any atom is 0.145 e. The Morgan fingerprint density at radius 2 is 1.24 bits per heavy atom. The van der Waals surface area contributed by atoms with Crippen molar-refractivity contribution in [3.8, 4) is 16.8 Å². The van der Waals surface area contributed by atoms with Crippen LogP contribution in [0.3, 0.4) is 0 Å². The molecule has 0 fully saturated rings. The van der Waals surface area contributed by atoms with Crippen LogP contribution >= 0.6 is 0 Å². The van der Waals surface area contributed by atoms with E-state index in [0.717, 1.165) is 44.2 Å². The van der Waals surface area contributed by atoms with Gasteiger partial charge >= 0.3 is 0 Å². The number of rotatable bonds is 2. The van der Waals surface area contributed by atoms with Crippen molar-refractivity contribution in [2.24, 2.45) is 0 Å². The van der Waals surface area contributed by atoms with Crippen molar-refractivity contribution in [3.63, 3.8) is 0 Å². The van der Waals surface area contributed by atoms with Gasteiger partial charge in [0.1, 0.15) is 16.8 Å². The molecule has 0 spiro atoms. The lowest BCUT2D eigenvalue weighted by molar-refractivity contribution is 0.668. The highest BCUT2D eigenvalue weighted by Gasteiger charge is 2.16. The molecular formula is C39H22N2O. The monoisotopic (exact) mass is 534 g/mol. The molecule has 3 aromatic heterocycles. The minimum absolute atomic E-state index is 0.872. The Kier molecular flexibility index (Phi) is 4.18. The van der Waals surface area contributed by atoms with E-state index >= 15 is 0 Å². The lowest BCUT2D eigenvalue weighted by Gasteiger charge is -2.12. The predicted molar refractivity (Wildman–Crippen MR) is 175 cm³/mol. The highest BCUT2D eigenvalue weighted by atomic mass is 16.3. The summed E-state index contributed by atoms with van der Waals surface area (Å²) in [5.74, 6) is 0. The lowest BCUT2D eigenvalue weighted by Crippen LogP contribution is -1.94. The Hall–Kier alpha value is -5.67. The summed E-state index contributed by atoms with van der Waals surface area (Å²) in [6, 6.07) is 45.9. The molecule has 3 heteroatoms. The van der Waals surface area contributed by atoms with Crippen molar-refractivity contribution >= 4 is 76.2 Å². The molecule has 0 aliphatic rings. The molecular weight excluding hydrogens is 512 g/mol. The maximum absolute atomic E-state index is 6.43. The van der Waals surface area contributed by atoms with Crippen molar-refractivity contribution < 1.29 is 4.42 Å². The zero-order valence-electron chi connectivity index (χ0n) is 22.5. The number of aromatic nitrogens is 2. The first-order valence-electron chi connectivity index (χ1n) is 14.3. The number of hydrogen-bond acceptors (Lipinski definition) is 2. The van der Waals surface area contributed by atoms with Crippen molar-refractivity contribution in [2.45, 2.75) is 0 Å². The Morgan fingerprint density at radius 3 is 2.10 bits per heavy atom. The molecule has 0 N–H and O–H groups in total. The van der Waals surface area contributed by atoms with Gasteiger partial charge in [0.2, 0.25) is 0 Å². The van der Waals surface area contributed by atoms with Gasteiger partial charge in [-0.25, -0.2) is 4.98 Å². The summed E-state index contributed by atoms with van der Waals surface area (Å²) in [5.41, 5.74) is 7.29. The molecule has 0 unspecified atom stereocenters. The molecule has 0 saturated carbocycles. The van der Waals surface area contributed by atoms with Gasteiger partial charge in [-0.3, -0.25) is 4.57 Å². The molecule has 42 heavy (non-hydrogen) atoms. The van der Waals surface area contributed by atoms with Gasteiger partial charge in [0.15, 0.2) is 0 Å². The van der Waals surface area contributed by atoms with Crippen LogP contribution in [-0.2, 0) is 0 Å². The van der Waals surface area contributed by atoms with Crippen LogP contribution in [0.15, 0.2) is 138 Å². The molecule has 0 bridgehead atoms. The van der Waals surface area contributed by atoms with Gasteiger partial charge in [-0.1, -0.05) is 66.7 Å². The lowest BCUT2D eigenvalue weighted by atomic mass is 9.91. The number of para-hydroxylation sites is 1. The van der Waals surface area contributed by atoms with Gasteiger partial charge in [-0.2, -0.15) is 0 Å². The largest absolute Gasteiger partial charge is 0.456 e. The summed E-state index contributed by atoms with van der Waals surface area (Å²) in [6.45, 7) is 0. The molecule has 10 aromatic rings. The first-order chi connectivity index (χ1) is 20.8. The third-order valence-corrected chi connectivity index (χ3v) is 8.94. The van der Waals surface area contributed by atoms with E-state index in [1.54, 1.807) is 0 Å². The second-order valence-corrected chi connectivity index (χ2v) is 11.2. The molecule has 0 saturated heterocycles. The fourth-order valence-electron chi connectivity index (χ4n) is 7.06. The van der Waals surface area contributed by atoms with Gasteiger partial charge in [0.05, 0.1) is 11.2 Å². The minimum atomic E-state index is 0.872. The van der Waals surface area contributed by atoms with E-state index in [9.17, 15) is 0 Å². The van der Waals surface area contributed by atoms with Crippen LogP contribution in [0.2, 0.25) is 0 Å². The van der Waals surface area contributed by atoms with Gasteiger partial charge in [-0.05, 0) is 98.0 Å². The summed E-state index contributed by atoms with van der Waals surface area (Å²) in [7, 11) is 0.